The molecule has 1 aromatic rings. The molecule has 0 saturated heterocycles. The molecule has 1 atom stereocenters. The quantitative estimate of drug-likeness (QED) is 0.806. The Balaban J connectivity index is 2.31. The predicted molar refractivity (Wildman–Crippen MR) is 73.7 cm³/mol. The molecule has 0 amide bonds. The van der Waals surface area contributed by atoms with Crippen molar-refractivity contribution in [2.45, 2.75) is 19.4 Å². The Labute approximate surface area is 105 Å². The Morgan fingerprint density at radius 3 is 2.60 bits per heavy atom. The van der Waals surface area contributed by atoms with Crippen molar-refractivity contribution in [2.24, 2.45) is 0 Å². The van der Waals surface area contributed by atoms with Crippen molar-refractivity contribution in [3.05, 3.63) is 34.3 Å². The fourth-order valence-electron chi connectivity index (χ4n) is 1.45. The molecule has 0 bridgehead atoms. The highest BCUT2D eigenvalue weighted by Crippen LogP contribution is 2.11. The highest BCUT2D eigenvalue weighted by atomic mass is 79.9. The van der Waals surface area contributed by atoms with E-state index in [9.17, 15) is 0 Å². The molecule has 0 heterocycles. The van der Waals surface area contributed by atoms with Gasteiger partial charge in [0.05, 0.1) is 0 Å². The summed E-state index contributed by atoms with van der Waals surface area (Å²) in [5.41, 5.74) is 1.39. The lowest BCUT2D eigenvalue weighted by atomic mass is 10.1. The average Bonchev–Trinajstić information content (AvgIpc) is 2.22. The monoisotopic (exact) mass is 287 g/mol. The Bertz CT molecular complexity index is 273. The topological polar surface area (TPSA) is 12.0 Å². The molecule has 0 spiro atoms. The van der Waals surface area contributed by atoms with Crippen LogP contribution in [0.2, 0.25) is 0 Å². The predicted octanol–water partition coefficient (Wildman–Crippen LogP) is 3.33. The second kappa shape index (κ2) is 7.31. The fraction of sp³-hybridized carbons (Fsp3) is 0.500. The van der Waals surface area contributed by atoms with E-state index in [1.807, 2.05) is 11.8 Å². The zero-order chi connectivity index (χ0) is 11.1. The Kier molecular flexibility index (Phi) is 6.37. The molecule has 0 radical (unpaired) electrons. The van der Waals surface area contributed by atoms with Gasteiger partial charge in [-0.15, -0.1) is 0 Å². The van der Waals surface area contributed by atoms with Gasteiger partial charge in [-0.1, -0.05) is 28.1 Å². The summed E-state index contributed by atoms with van der Waals surface area (Å²) in [7, 11) is 0. The third-order valence-corrected chi connectivity index (χ3v) is 3.40. The summed E-state index contributed by atoms with van der Waals surface area (Å²) in [6.45, 7) is 3.33. The first-order valence-electron chi connectivity index (χ1n) is 5.19. The number of nitrogens with one attached hydrogen (secondary N) is 1. The number of thioether (sulfide) groups is 1. The molecule has 0 fully saturated rings. The van der Waals surface area contributed by atoms with Gasteiger partial charge in [-0.3, -0.25) is 0 Å². The van der Waals surface area contributed by atoms with Gasteiger partial charge in [0, 0.05) is 22.8 Å². The summed E-state index contributed by atoms with van der Waals surface area (Å²) in [6.07, 6.45) is 3.24. The van der Waals surface area contributed by atoms with E-state index < -0.39 is 0 Å². The maximum Gasteiger partial charge on any atom is 0.0175 e. The number of hydrogen-bond donors (Lipinski definition) is 1. The lowest BCUT2D eigenvalue weighted by molar-refractivity contribution is 0.568. The molecule has 0 aliphatic carbocycles. The van der Waals surface area contributed by atoms with Crippen molar-refractivity contribution >= 4 is 27.7 Å². The zero-order valence-electron chi connectivity index (χ0n) is 9.29. The molecule has 15 heavy (non-hydrogen) atoms. The van der Waals surface area contributed by atoms with Gasteiger partial charge >= 0.3 is 0 Å². The summed E-state index contributed by atoms with van der Waals surface area (Å²) in [4.78, 5) is 0. The Morgan fingerprint density at radius 1 is 1.33 bits per heavy atom. The highest BCUT2D eigenvalue weighted by molar-refractivity contribution is 9.10. The van der Waals surface area contributed by atoms with E-state index in [2.05, 4.69) is 58.7 Å². The minimum atomic E-state index is 0.554. The maximum atomic E-state index is 3.51. The summed E-state index contributed by atoms with van der Waals surface area (Å²) < 4.78 is 1.15. The first-order chi connectivity index (χ1) is 7.22. The largest absolute Gasteiger partial charge is 0.313 e. The Morgan fingerprint density at radius 2 is 2.00 bits per heavy atom. The molecule has 1 unspecified atom stereocenters. The first-order valence-corrected chi connectivity index (χ1v) is 7.38. The average molecular weight is 288 g/mol. The lowest BCUT2D eigenvalue weighted by Gasteiger charge is -2.13. The fourth-order valence-corrected chi connectivity index (χ4v) is 2.04. The molecule has 0 aliphatic heterocycles. The Hall–Kier alpha value is 0.01000. The van der Waals surface area contributed by atoms with Crippen LogP contribution in [0.5, 0.6) is 0 Å². The highest BCUT2D eigenvalue weighted by Gasteiger charge is 2.01. The van der Waals surface area contributed by atoms with Crippen molar-refractivity contribution in [2.75, 3.05) is 18.6 Å². The van der Waals surface area contributed by atoms with Crippen LogP contribution in [0.15, 0.2) is 28.7 Å². The SMILES string of the molecule is CSCCNC(C)Cc1ccc(Br)cc1. The molecule has 0 aliphatic rings. The number of halogens is 1. The molecule has 1 rings (SSSR count). The third kappa shape index (κ3) is 5.59. The van der Waals surface area contributed by atoms with Crippen molar-refractivity contribution in [3.63, 3.8) is 0 Å². The van der Waals surface area contributed by atoms with Crippen LogP contribution in [0, 0.1) is 0 Å². The van der Waals surface area contributed by atoms with Gasteiger partial charge in [0.25, 0.3) is 0 Å². The van der Waals surface area contributed by atoms with Crippen molar-refractivity contribution in [1.29, 1.82) is 0 Å². The van der Waals surface area contributed by atoms with Gasteiger partial charge in [0.1, 0.15) is 0 Å². The second-order valence-electron chi connectivity index (χ2n) is 3.68. The molecule has 1 nitrogen and oxygen atoms in total. The van der Waals surface area contributed by atoms with Gasteiger partial charge in [-0.2, -0.15) is 11.8 Å². The van der Waals surface area contributed by atoms with E-state index in [0.717, 1.165) is 17.4 Å². The van der Waals surface area contributed by atoms with Crippen LogP contribution in [0.3, 0.4) is 0 Å². The van der Waals surface area contributed by atoms with Crippen LogP contribution in [-0.4, -0.2) is 24.6 Å². The normalized spacial score (nSPS) is 12.7. The second-order valence-corrected chi connectivity index (χ2v) is 5.58. The molecule has 3 heteroatoms. The van der Waals surface area contributed by atoms with Crippen molar-refractivity contribution in [1.82, 2.24) is 5.32 Å². The minimum Gasteiger partial charge on any atom is -0.313 e. The third-order valence-electron chi connectivity index (χ3n) is 2.25. The van der Waals surface area contributed by atoms with E-state index in [0.29, 0.717) is 6.04 Å². The molecule has 0 aromatic heterocycles. The van der Waals surface area contributed by atoms with Gasteiger partial charge in [-0.05, 0) is 37.3 Å². The zero-order valence-corrected chi connectivity index (χ0v) is 11.7. The molecule has 1 N–H and O–H groups in total. The van der Waals surface area contributed by atoms with E-state index in [4.69, 9.17) is 0 Å². The van der Waals surface area contributed by atoms with Crippen molar-refractivity contribution in [3.8, 4) is 0 Å². The molecule has 0 saturated carbocycles. The van der Waals surface area contributed by atoms with Crippen LogP contribution in [0.25, 0.3) is 0 Å². The van der Waals surface area contributed by atoms with E-state index in [1.54, 1.807) is 0 Å². The number of benzene rings is 1. The summed E-state index contributed by atoms with van der Waals surface area (Å²) in [5.74, 6) is 1.19. The van der Waals surface area contributed by atoms with Crippen LogP contribution in [-0.2, 0) is 6.42 Å². The maximum absolute atomic E-state index is 3.51. The van der Waals surface area contributed by atoms with Gasteiger partial charge in [0.15, 0.2) is 0 Å². The summed E-state index contributed by atoms with van der Waals surface area (Å²) in [6, 6.07) is 9.11. The first kappa shape index (κ1) is 13.1. The van der Waals surface area contributed by atoms with Crippen LogP contribution in [0.1, 0.15) is 12.5 Å². The van der Waals surface area contributed by atoms with Crippen LogP contribution in [0.4, 0.5) is 0 Å². The standard InChI is InChI=1S/C12H18BrNS/c1-10(14-7-8-15-2)9-11-3-5-12(13)6-4-11/h3-6,10,14H,7-9H2,1-2H3. The van der Waals surface area contributed by atoms with E-state index in [1.165, 1.54) is 11.3 Å². The van der Waals surface area contributed by atoms with E-state index in [-0.39, 0.29) is 0 Å². The summed E-state index contributed by atoms with van der Waals surface area (Å²) in [5, 5.41) is 3.51. The number of hydrogen-bond acceptors (Lipinski definition) is 2. The van der Waals surface area contributed by atoms with Gasteiger partial charge in [0.2, 0.25) is 0 Å². The van der Waals surface area contributed by atoms with E-state index >= 15 is 0 Å². The van der Waals surface area contributed by atoms with Gasteiger partial charge in [-0.25, -0.2) is 0 Å². The summed E-state index contributed by atoms with van der Waals surface area (Å²) >= 11 is 5.33. The van der Waals surface area contributed by atoms with Crippen molar-refractivity contribution < 1.29 is 0 Å². The van der Waals surface area contributed by atoms with Gasteiger partial charge < -0.3 is 5.32 Å². The molecular formula is C12H18BrNS. The minimum absolute atomic E-state index is 0.554. The van der Waals surface area contributed by atoms with Crippen LogP contribution >= 0.6 is 27.7 Å². The molecular weight excluding hydrogens is 270 g/mol. The molecule has 1 aromatic carbocycles. The lowest BCUT2D eigenvalue weighted by Crippen LogP contribution is -2.29. The van der Waals surface area contributed by atoms with Crippen LogP contribution < -0.4 is 5.32 Å². The number of rotatable bonds is 6. The molecule has 84 valence electrons. The smallest absolute Gasteiger partial charge is 0.0175 e.